The molecule has 0 aromatic heterocycles. The Morgan fingerprint density at radius 1 is 0.903 bits per heavy atom. The Labute approximate surface area is 194 Å². The van der Waals surface area contributed by atoms with Crippen molar-refractivity contribution in [1.29, 1.82) is 0 Å². The van der Waals surface area contributed by atoms with Crippen LogP contribution in [-0.4, -0.2) is 16.8 Å². The summed E-state index contributed by atoms with van der Waals surface area (Å²) in [5, 5.41) is 2.67. The van der Waals surface area contributed by atoms with Crippen molar-refractivity contribution in [3.05, 3.63) is 104 Å². The van der Waals surface area contributed by atoms with Crippen molar-refractivity contribution in [3.63, 3.8) is 0 Å². The summed E-state index contributed by atoms with van der Waals surface area (Å²) in [4.78, 5) is 26.2. The molecular formula is C25H21IN2O3. The molecule has 1 saturated heterocycles. The molecule has 1 aliphatic heterocycles. The van der Waals surface area contributed by atoms with Crippen LogP contribution in [0.5, 0.6) is 5.75 Å². The molecule has 3 amide bonds. The number of nitrogens with zero attached hydrogens (tertiary/aromatic N) is 1. The van der Waals surface area contributed by atoms with Crippen LogP contribution in [0.2, 0.25) is 0 Å². The molecule has 0 spiro atoms. The predicted octanol–water partition coefficient (Wildman–Crippen LogP) is 5.27. The summed E-state index contributed by atoms with van der Waals surface area (Å²) in [7, 11) is 0. The van der Waals surface area contributed by atoms with E-state index < -0.39 is 6.03 Å². The first-order valence-corrected chi connectivity index (χ1v) is 10.9. The van der Waals surface area contributed by atoms with E-state index in [-0.39, 0.29) is 18.1 Å². The average molecular weight is 524 g/mol. The Balaban J connectivity index is 1.39. The first kappa shape index (κ1) is 21.1. The van der Waals surface area contributed by atoms with Gasteiger partial charge in [-0.25, -0.2) is 4.79 Å². The van der Waals surface area contributed by atoms with E-state index in [0.717, 1.165) is 28.0 Å². The number of halogens is 1. The van der Waals surface area contributed by atoms with Gasteiger partial charge in [-0.3, -0.25) is 9.69 Å². The van der Waals surface area contributed by atoms with Gasteiger partial charge in [0, 0.05) is 3.57 Å². The summed E-state index contributed by atoms with van der Waals surface area (Å²) in [6.45, 7) is 2.73. The summed E-state index contributed by atoms with van der Waals surface area (Å²) < 4.78 is 7.00. The van der Waals surface area contributed by atoms with Gasteiger partial charge in [0.2, 0.25) is 0 Å². The van der Waals surface area contributed by atoms with Crippen LogP contribution in [0.15, 0.2) is 78.5 Å². The smallest absolute Gasteiger partial charge is 0.329 e. The number of ether oxygens (including phenoxy) is 1. The first-order valence-electron chi connectivity index (χ1n) is 9.85. The lowest BCUT2D eigenvalue weighted by Crippen LogP contribution is -2.30. The van der Waals surface area contributed by atoms with Gasteiger partial charge in [0.25, 0.3) is 5.91 Å². The third kappa shape index (κ3) is 5.32. The molecule has 1 heterocycles. The Morgan fingerprint density at radius 2 is 1.55 bits per heavy atom. The second kappa shape index (κ2) is 9.34. The van der Waals surface area contributed by atoms with Gasteiger partial charge in [0.05, 0.1) is 6.54 Å². The minimum atomic E-state index is -0.408. The summed E-state index contributed by atoms with van der Waals surface area (Å²) in [5.41, 5.74) is 4.21. The highest BCUT2D eigenvalue weighted by Gasteiger charge is 2.33. The largest absolute Gasteiger partial charge is 0.489 e. The van der Waals surface area contributed by atoms with E-state index in [1.807, 2.05) is 79.7 Å². The molecular weight excluding hydrogens is 503 g/mol. The van der Waals surface area contributed by atoms with E-state index in [1.54, 1.807) is 6.08 Å². The van der Waals surface area contributed by atoms with Crippen LogP contribution in [0, 0.1) is 10.5 Å². The number of aryl methyl sites for hydroxylation is 1. The molecule has 0 aliphatic carbocycles. The highest BCUT2D eigenvalue weighted by atomic mass is 127. The van der Waals surface area contributed by atoms with Crippen molar-refractivity contribution in [2.45, 2.75) is 20.1 Å². The molecule has 0 bridgehead atoms. The maximum atomic E-state index is 12.7. The van der Waals surface area contributed by atoms with Crippen LogP contribution in [0.25, 0.3) is 6.08 Å². The minimum Gasteiger partial charge on any atom is -0.489 e. The number of rotatable bonds is 6. The molecule has 0 radical (unpaired) electrons. The van der Waals surface area contributed by atoms with Crippen molar-refractivity contribution in [2.24, 2.45) is 0 Å². The maximum Gasteiger partial charge on any atom is 0.329 e. The molecule has 1 N–H and O–H groups in total. The standard InChI is InChI=1S/C25H21IN2O3/c1-17-2-4-19(5-3-17)15-28-24(29)23(27-25(28)30)14-18-8-12-22(13-9-18)31-16-20-6-10-21(26)11-7-20/h2-14H,15-16H2,1H3,(H,27,30)/b23-14+. The van der Waals surface area contributed by atoms with E-state index in [1.165, 1.54) is 8.47 Å². The van der Waals surface area contributed by atoms with Crippen LogP contribution in [0.3, 0.4) is 0 Å². The van der Waals surface area contributed by atoms with Crippen LogP contribution >= 0.6 is 22.6 Å². The predicted molar refractivity (Wildman–Crippen MR) is 128 cm³/mol. The van der Waals surface area contributed by atoms with Crippen molar-refractivity contribution in [1.82, 2.24) is 10.2 Å². The van der Waals surface area contributed by atoms with Crippen molar-refractivity contribution >= 4 is 40.6 Å². The van der Waals surface area contributed by atoms with E-state index in [4.69, 9.17) is 4.74 Å². The highest BCUT2D eigenvalue weighted by Crippen LogP contribution is 2.20. The van der Waals surface area contributed by atoms with Crippen molar-refractivity contribution < 1.29 is 14.3 Å². The fourth-order valence-corrected chi connectivity index (χ4v) is 3.53. The molecule has 1 fully saturated rings. The Hall–Kier alpha value is -3.13. The van der Waals surface area contributed by atoms with E-state index >= 15 is 0 Å². The number of imide groups is 1. The highest BCUT2D eigenvalue weighted by molar-refractivity contribution is 14.1. The molecule has 0 unspecified atom stereocenters. The molecule has 4 rings (SSSR count). The maximum absolute atomic E-state index is 12.7. The topological polar surface area (TPSA) is 58.6 Å². The fourth-order valence-electron chi connectivity index (χ4n) is 3.17. The van der Waals surface area contributed by atoms with Gasteiger partial charge in [-0.05, 0) is 76.5 Å². The van der Waals surface area contributed by atoms with Crippen molar-refractivity contribution in [2.75, 3.05) is 0 Å². The normalized spacial score (nSPS) is 14.8. The molecule has 5 nitrogen and oxygen atoms in total. The zero-order chi connectivity index (χ0) is 21.8. The second-order valence-corrected chi connectivity index (χ2v) is 8.59. The number of hydrogen-bond acceptors (Lipinski definition) is 3. The van der Waals surface area contributed by atoms with E-state index in [9.17, 15) is 9.59 Å². The number of carbonyl (C=O) groups is 2. The van der Waals surface area contributed by atoms with Gasteiger partial charge in [-0.15, -0.1) is 0 Å². The average Bonchev–Trinajstić information content (AvgIpc) is 3.03. The Morgan fingerprint density at radius 3 is 2.23 bits per heavy atom. The Bertz CT molecular complexity index is 1120. The molecule has 3 aromatic carbocycles. The van der Waals surface area contributed by atoms with E-state index in [2.05, 4.69) is 27.9 Å². The number of amides is 3. The van der Waals surface area contributed by atoms with Crippen LogP contribution in [-0.2, 0) is 17.9 Å². The van der Waals surface area contributed by atoms with Gasteiger partial charge in [0.15, 0.2) is 0 Å². The zero-order valence-corrected chi connectivity index (χ0v) is 19.1. The van der Waals surface area contributed by atoms with Crippen LogP contribution in [0.4, 0.5) is 4.79 Å². The number of carbonyl (C=O) groups excluding carboxylic acids is 2. The van der Waals surface area contributed by atoms with Gasteiger partial charge < -0.3 is 10.1 Å². The number of urea groups is 1. The monoisotopic (exact) mass is 524 g/mol. The molecule has 1 aliphatic rings. The third-order valence-electron chi connectivity index (χ3n) is 4.93. The van der Waals surface area contributed by atoms with Crippen molar-refractivity contribution in [3.8, 4) is 5.75 Å². The third-order valence-corrected chi connectivity index (χ3v) is 5.65. The lowest BCUT2D eigenvalue weighted by molar-refractivity contribution is -0.123. The number of benzene rings is 3. The lowest BCUT2D eigenvalue weighted by Gasteiger charge is -2.11. The molecule has 0 saturated carbocycles. The Kier molecular flexibility index (Phi) is 6.36. The minimum absolute atomic E-state index is 0.244. The molecule has 156 valence electrons. The summed E-state index contributed by atoms with van der Waals surface area (Å²) in [6, 6.07) is 23.0. The van der Waals surface area contributed by atoms with Crippen LogP contribution in [0.1, 0.15) is 22.3 Å². The lowest BCUT2D eigenvalue weighted by atomic mass is 10.1. The second-order valence-electron chi connectivity index (χ2n) is 7.35. The quantitative estimate of drug-likeness (QED) is 0.272. The van der Waals surface area contributed by atoms with Gasteiger partial charge in [-0.1, -0.05) is 54.1 Å². The SMILES string of the molecule is Cc1ccc(CN2C(=O)N/C(=C/c3ccc(OCc4ccc(I)cc4)cc3)C2=O)cc1. The molecule has 31 heavy (non-hydrogen) atoms. The summed E-state index contributed by atoms with van der Waals surface area (Å²) in [6.07, 6.45) is 1.68. The van der Waals surface area contributed by atoms with Gasteiger partial charge >= 0.3 is 6.03 Å². The van der Waals surface area contributed by atoms with Crippen LogP contribution < -0.4 is 10.1 Å². The molecule has 0 atom stereocenters. The summed E-state index contributed by atoms with van der Waals surface area (Å²) >= 11 is 2.27. The summed E-state index contributed by atoms with van der Waals surface area (Å²) in [5.74, 6) is 0.410. The molecule has 6 heteroatoms. The van der Waals surface area contributed by atoms with Gasteiger partial charge in [-0.2, -0.15) is 0 Å². The van der Waals surface area contributed by atoms with Gasteiger partial charge in [0.1, 0.15) is 18.1 Å². The first-order chi connectivity index (χ1) is 15.0. The number of nitrogens with one attached hydrogen (secondary N) is 1. The van der Waals surface area contributed by atoms with E-state index in [0.29, 0.717) is 6.61 Å². The fraction of sp³-hybridized carbons (Fsp3) is 0.120. The number of hydrogen-bond donors (Lipinski definition) is 1. The zero-order valence-electron chi connectivity index (χ0n) is 17.0. The molecule has 3 aromatic rings.